The highest BCUT2D eigenvalue weighted by molar-refractivity contribution is 6.78. The first kappa shape index (κ1) is 31.4. The lowest BCUT2D eigenvalue weighted by molar-refractivity contribution is -0.145. The van der Waals surface area contributed by atoms with Crippen LogP contribution < -0.4 is 9.74 Å². The smallest absolute Gasteiger partial charge is 0.412 e. The predicted octanol–water partition coefficient (Wildman–Crippen LogP) is 8.65. The van der Waals surface area contributed by atoms with Gasteiger partial charge in [-0.2, -0.15) is 0 Å². The van der Waals surface area contributed by atoms with Crippen LogP contribution in [0.25, 0.3) is 0 Å². The molecule has 0 aliphatic carbocycles. The number of amides is 1. The number of benzene rings is 2. The third-order valence-corrected chi connectivity index (χ3v) is 12.8. The van der Waals surface area contributed by atoms with E-state index in [0.717, 1.165) is 16.9 Å². The molecule has 0 aliphatic heterocycles. The van der Waals surface area contributed by atoms with Crippen LogP contribution in [-0.2, 0) is 27.3 Å². The predicted molar refractivity (Wildman–Crippen MR) is 157 cm³/mol. The molecule has 0 atom stereocenters. The minimum atomic E-state index is -2.17. The summed E-state index contributed by atoms with van der Waals surface area (Å²) in [6, 6.07) is 15.5. The van der Waals surface area contributed by atoms with E-state index < -0.39 is 20.0 Å². The van der Waals surface area contributed by atoms with E-state index in [0.29, 0.717) is 41.6 Å². The molecule has 1 N–H and O–H groups in total. The summed E-state index contributed by atoms with van der Waals surface area (Å²) in [6.07, 6.45) is 0.978. The van der Waals surface area contributed by atoms with Crippen molar-refractivity contribution < 1.29 is 23.5 Å². The summed E-state index contributed by atoms with van der Waals surface area (Å²) in [5.74, 6) is 0.516. The van der Waals surface area contributed by atoms with Crippen LogP contribution in [-0.4, -0.2) is 26.0 Å². The fourth-order valence-electron chi connectivity index (χ4n) is 5.16. The molecule has 210 valence electrons. The van der Waals surface area contributed by atoms with Crippen LogP contribution in [0.3, 0.4) is 0 Å². The summed E-state index contributed by atoms with van der Waals surface area (Å²) in [6.45, 7) is 19.3. The molecule has 0 unspecified atom stereocenters. The second-order valence-corrected chi connectivity index (χ2v) is 17.2. The van der Waals surface area contributed by atoms with E-state index in [4.69, 9.17) is 13.9 Å². The number of hydrogen-bond acceptors (Lipinski definition) is 5. The second kappa shape index (κ2) is 13.8. The van der Waals surface area contributed by atoms with Gasteiger partial charge >= 0.3 is 12.1 Å². The molecule has 0 saturated carbocycles. The minimum Gasteiger partial charge on any atom is -0.543 e. The SMILES string of the molecule is CC(C)[Si](Oc1ccc(CCCC(=O)OCc2ccccc2)c(NC(=O)OC(C)(C)C)c1)(C(C)C)C(C)C. The van der Waals surface area contributed by atoms with Gasteiger partial charge in [0.05, 0.1) is 5.69 Å². The van der Waals surface area contributed by atoms with Crippen LogP contribution in [0.4, 0.5) is 10.5 Å². The Morgan fingerprint density at radius 3 is 2.05 bits per heavy atom. The van der Waals surface area contributed by atoms with E-state index in [1.807, 2.05) is 69.3 Å². The molecule has 1 amide bonds. The Kier molecular flexibility index (Phi) is 11.4. The molecule has 0 heterocycles. The maximum atomic E-state index is 12.7. The molecule has 6 nitrogen and oxygen atoms in total. The van der Waals surface area contributed by atoms with Gasteiger partial charge in [-0.15, -0.1) is 0 Å². The molecule has 0 fully saturated rings. The molecule has 0 bridgehead atoms. The van der Waals surface area contributed by atoms with Gasteiger partial charge in [0.15, 0.2) is 0 Å². The average molecular weight is 542 g/mol. The molecule has 38 heavy (non-hydrogen) atoms. The normalized spacial score (nSPS) is 12.1. The second-order valence-electron chi connectivity index (χ2n) is 11.9. The number of rotatable bonds is 12. The lowest BCUT2D eigenvalue weighted by atomic mass is 10.1. The van der Waals surface area contributed by atoms with Crippen LogP contribution in [0, 0.1) is 0 Å². The molecular formula is C31H47NO5Si. The highest BCUT2D eigenvalue weighted by Gasteiger charge is 2.47. The fraction of sp³-hybridized carbons (Fsp3) is 0.548. The van der Waals surface area contributed by atoms with Gasteiger partial charge in [-0.25, -0.2) is 4.79 Å². The summed E-state index contributed by atoms with van der Waals surface area (Å²) in [7, 11) is -2.17. The number of esters is 1. The average Bonchev–Trinajstić information content (AvgIpc) is 2.81. The van der Waals surface area contributed by atoms with Crippen molar-refractivity contribution in [2.45, 2.75) is 110 Å². The summed E-state index contributed by atoms with van der Waals surface area (Å²) in [5, 5.41) is 2.92. The quantitative estimate of drug-likeness (QED) is 0.215. The first-order valence-electron chi connectivity index (χ1n) is 13.8. The summed E-state index contributed by atoms with van der Waals surface area (Å²) >= 11 is 0. The van der Waals surface area contributed by atoms with Crippen molar-refractivity contribution in [1.82, 2.24) is 0 Å². The maximum Gasteiger partial charge on any atom is 0.412 e. The molecule has 7 heteroatoms. The van der Waals surface area contributed by atoms with Gasteiger partial charge in [-0.05, 0) is 67.4 Å². The number of carbonyl (C=O) groups is 2. The Morgan fingerprint density at radius 1 is 0.895 bits per heavy atom. The standard InChI is InChI=1S/C31H47NO5Si/c1-22(2)38(23(3)4,24(5)6)37-27-19-18-26(28(20-27)32-30(34)36-31(7,8)9)16-13-17-29(33)35-21-25-14-11-10-12-15-25/h10-12,14-15,18-20,22-24H,13,16-17,21H2,1-9H3,(H,32,34). The maximum absolute atomic E-state index is 12.7. The van der Waals surface area contributed by atoms with Gasteiger partial charge in [-0.3, -0.25) is 10.1 Å². The van der Waals surface area contributed by atoms with E-state index in [9.17, 15) is 9.59 Å². The molecule has 0 spiro atoms. The van der Waals surface area contributed by atoms with Gasteiger partial charge in [-0.1, -0.05) is 77.9 Å². The van der Waals surface area contributed by atoms with E-state index >= 15 is 0 Å². The van der Waals surface area contributed by atoms with Crippen molar-refractivity contribution in [2.24, 2.45) is 0 Å². The minimum absolute atomic E-state index is 0.239. The summed E-state index contributed by atoms with van der Waals surface area (Å²) in [4.78, 5) is 25.0. The van der Waals surface area contributed by atoms with E-state index in [1.165, 1.54) is 0 Å². The largest absolute Gasteiger partial charge is 0.543 e. The van der Waals surface area contributed by atoms with Gasteiger partial charge in [0.1, 0.15) is 18.0 Å². The number of carbonyl (C=O) groups excluding carboxylic acids is 2. The number of nitrogens with one attached hydrogen (secondary N) is 1. The number of hydrogen-bond donors (Lipinski definition) is 1. The van der Waals surface area contributed by atoms with Crippen LogP contribution >= 0.6 is 0 Å². The van der Waals surface area contributed by atoms with Crippen LogP contribution in [0.15, 0.2) is 48.5 Å². The molecule has 0 radical (unpaired) electrons. The Bertz CT molecular complexity index is 1020. The molecule has 2 rings (SSSR count). The lowest BCUT2D eigenvalue weighted by Crippen LogP contribution is -2.50. The van der Waals surface area contributed by atoms with E-state index in [-0.39, 0.29) is 12.6 Å². The third-order valence-electron chi connectivity index (χ3n) is 6.79. The number of aryl methyl sites for hydroxylation is 1. The van der Waals surface area contributed by atoms with E-state index in [1.54, 1.807) is 0 Å². The van der Waals surface area contributed by atoms with Crippen molar-refractivity contribution >= 4 is 26.1 Å². The van der Waals surface area contributed by atoms with Crippen molar-refractivity contribution in [3.05, 3.63) is 59.7 Å². The monoisotopic (exact) mass is 541 g/mol. The Balaban J connectivity index is 2.19. The molecule has 0 aliphatic rings. The Hall–Kier alpha value is -2.80. The van der Waals surface area contributed by atoms with Crippen molar-refractivity contribution in [3.63, 3.8) is 0 Å². The van der Waals surface area contributed by atoms with Gasteiger partial charge < -0.3 is 13.9 Å². The van der Waals surface area contributed by atoms with Crippen molar-refractivity contribution in [1.29, 1.82) is 0 Å². The molecule has 0 aromatic heterocycles. The number of ether oxygens (including phenoxy) is 2. The van der Waals surface area contributed by atoms with Gasteiger partial charge in [0.2, 0.25) is 0 Å². The summed E-state index contributed by atoms with van der Waals surface area (Å²) in [5.41, 5.74) is 3.18. The lowest BCUT2D eigenvalue weighted by Gasteiger charge is -2.42. The first-order chi connectivity index (χ1) is 17.7. The molecule has 0 saturated heterocycles. The highest BCUT2D eigenvalue weighted by atomic mass is 28.4. The Morgan fingerprint density at radius 2 is 1.50 bits per heavy atom. The zero-order chi connectivity index (χ0) is 28.5. The molecule has 2 aromatic carbocycles. The Labute approximate surface area is 230 Å². The van der Waals surface area contributed by atoms with E-state index in [2.05, 4.69) is 46.9 Å². The fourth-order valence-corrected chi connectivity index (χ4v) is 10.4. The van der Waals surface area contributed by atoms with Gasteiger partial charge in [0, 0.05) is 12.5 Å². The van der Waals surface area contributed by atoms with Gasteiger partial charge in [0.25, 0.3) is 8.32 Å². The third kappa shape index (κ3) is 9.19. The summed E-state index contributed by atoms with van der Waals surface area (Å²) < 4.78 is 17.8. The topological polar surface area (TPSA) is 73.9 Å². The zero-order valence-corrected chi connectivity index (χ0v) is 25.7. The first-order valence-corrected chi connectivity index (χ1v) is 15.9. The van der Waals surface area contributed by atoms with Crippen molar-refractivity contribution in [2.75, 3.05) is 5.32 Å². The molecule has 2 aromatic rings. The zero-order valence-electron chi connectivity index (χ0n) is 24.7. The highest BCUT2D eigenvalue weighted by Crippen LogP contribution is 2.43. The van der Waals surface area contributed by atoms with Crippen molar-refractivity contribution in [3.8, 4) is 5.75 Å². The van der Waals surface area contributed by atoms with Crippen LogP contribution in [0.5, 0.6) is 5.75 Å². The number of anilines is 1. The molecular weight excluding hydrogens is 494 g/mol. The van der Waals surface area contributed by atoms with Crippen LogP contribution in [0.1, 0.15) is 86.3 Å². The van der Waals surface area contributed by atoms with Crippen LogP contribution in [0.2, 0.25) is 16.6 Å².